The van der Waals surface area contributed by atoms with Gasteiger partial charge in [-0.25, -0.2) is 0 Å². The molecular weight excluding hydrogens is 245 g/mol. The van der Waals surface area contributed by atoms with Gasteiger partial charge in [-0.2, -0.15) is 13.2 Å². The monoisotopic (exact) mass is 254 g/mol. The molecule has 2 rings (SSSR count). The summed E-state index contributed by atoms with van der Waals surface area (Å²) in [7, 11) is 0. The van der Waals surface area contributed by atoms with E-state index in [0.29, 0.717) is 5.69 Å². The number of hydrogen-bond donors (Lipinski definition) is 2. The average molecular weight is 254 g/mol. The van der Waals surface area contributed by atoms with Gasteiger partial charge in [-0.15, -0.1) is 0 Å². The molecule has 0 saturated heterocycles. The number of nitrogen functional groups attached to an aromatic ring is 1. The van der Waals surface area contributed by atoms with Gasteiger partial charge in [0.1, 0.15) is 0 Å². The summed E-state index contributed by atoms with van der Waals surface area (Å²) in [6.07, 6.45) is -0.855. The molecule has 0 spiro atoms. The highest BCUT2D eigenvalue weighted by Gasteiger charge is 2.33. The Bertz CT molecular complexity index is 554. The van der Waals surface area contributed by atoms with Crippen molar-refractivity contribution in [1.82, 2.24) is 9.97 Å². The molecule has 0 aliphatic carbocycles. The molecular formula is C11H9F3N4. The molecule has 4 nitrogen and oxygen atoms in total. The van der Waals surface area contributed by atoms with E-state index in [2.05, 4.69) is 15.4 Å². The van der Waals surface area contributed by atoms with Crippen LogP contribution in [0.4, 0.5) is 18.9 Å². The molecule has 18 heavy (non-hydrogen) atoms. The van der Waals surface area contributed by atoms with Gasteiger partial charge in [-0.05, 0) is 18.2 Å². The number of halogens is 3. The van der Waals surface area contributed by atoms with E-state index in [9.17, 15) is 13.2 Å². The number of hydrogen-bond acceptors (Lipinski definition) is 4. The third-order valence-corrected chi connectivity index (χ3v) is 2.33. The largest absolute Gasteiger partial charge is 0.417 e. The molecule has 2 aromatic heterocycles. The quantitative estimate of drug-likeness (QED) is 0.638. The van der Waals surface area contributed by atoms with Gasteiger partial charge in [0.2, 0.25) is 0 Å². The zero-order valence-corrected chi connectivity index (χ0v) is 9.07. The van der Waals surface area contributed by atoms with E-state index < -0.39 is 11.7 Å². The summed E-state index contributed by atoms with van der Waals surface area (Å²) in [5.74, 6) is 5.21. The first-order valence-corrected chi connectivity index (χ1v) is 4.96. The van der Waals surface area contributed by atoms with Crippen LogP contribution in [0.2, 0.25) is 0 Å². The number of anilines is 1. The van der Waals surface area contributed by atoms with Crippen molar-refractivity contribution in [1.29, 1.82) is 0 Å². The third-order valence-electron chi connectivity index (χ3n) is 2.33. The Balaban J connectivity index is 2.57. The molecule has 0 amide bonds. The molecule has 7 heteroatoms. The maximum Gasteiger partial charge on any atom is 0.417 e. The predicted molar refractivity (Wildman–Crippen MR) is 60.3 cm³/mol. The van der Waals surface area contributed by atoms with E-state index in [1.165, 1.54) is 12.3 Å². The number of nitrogens with zero attached hydrogens (tertiary/aromatic N) is 2. The zero-order chi connectivity index (χ0) is 13.2. The normalized spacial score (nSPS) is 11.3. The van der Waals surface area contributed by atoms with Gasteiger partial charge in [-0.3, -0.25) is 15.8 Å². The van der Waals surface area contributed by atoms with Crippen LogP contribution in [0.15, 0.2) is 36.8 Å². The lowest BCUT2D eigenvalue weighted by Gasteiger charge is -2.12. The highest BCUT2D eigenvalue weighted by atomic mass is 19.4. The van der Waals surface area contributed by atoms with Crippen molar-refractivity contribution in [3.63, 3.8) is 0 Å². The second-order valence-electron chi connectivity index (χ2n) is 3.49. The van der Waals surface area contributed by atoms with Gasteiger partial charge in [0, 0.05) is 24.2 Å². The van der Waals surface area contributed by atoms with Crippen LogP contribution in [0, 0.1) is 0 Å². The summed E-state index contributed by atoms with van der Waals surface area (Å²) in [6, 6.07) is 3.89. The standard InChI is InChI=1S/C11H9F3N4/c12-11(13,14)9-2-3-16-6-8(9)10-5-7(18-15)1-4-17-10/h1-6H,15H2,(H,17,18). The number of pyridine rings is 2. The summed E-state index contributed by atoms with van der Waals surface area (Å²) < 4.78 is 38.5. The summed E-state index contributed by atoms with van der Waals surface area (Å²) in [6.45, 7) is 0. The number of aromatic nitrogens is 2. The first kappa shape index (κ1) is 12.3. The lowest BCUT2D eigenvalue weighted by molar-refractivity contribution is -0.137. The maximum absolute atomic E-state index is 12.8. The Hall–Kier alpha value is -2.15. The van der Waals surface area contributed by atoms with Crippen LogP contribution in [-0.4, -0.2) is 9.97 Å². The summed E-state index contributed by atoms with van der Waals surface area (Å²) in [5.41, 5.74) is 2.12. The van der Waals surface area contributed by atoms with Crippen molar-refractivity contribution in [2.45, 2.75) is 6.18 Å². The Labute approximate surface area is 101 Å². The summed E-state index contributed by atoms with van der Waals surface area (Å²) in [5, 5.41) is 0. The van der Waals surface area contributed by atoms with Crippen LogP contribution in [0.3, 0.4) is 0 Å². The van der Waals surface area contributed by atoms with Crippen LogP contribution < -0.4 is 11.3 Å². The Morgan fingerprint density at radius 1 is 1.17 bits per heavy atom. The molecule has 0 unspecified atom stereocenters. The molecule has 0 saturated carbocycles. The molecule has 0 radical (unpaired) electrons. The minimum Gasteiger partial charge on any atom is -0.324 e. The van der Waals surface area contributed by atoms with Crippen LogP contribution in [-0.2, 0) is 6.18 Å². The Kier molecular flexibility index (Phi) is 3.15. The maximum atomic E-state index is 12.8. The minimum atomic E-state index is -4.45. The average Bonchev–Trinajstić information content (AvgIpc) is 2.38. The molecule has 0 fully saturated rings. The van der Waals surface area contributed by atoms with Crippen molar-refractivity contribution >= 4 is 5.69 Å². The Morgan fingerprint density at radius 2 is 1.94 bits per heavy atom. The van der Waals surface area contributed by atoms with Gasteiger partial charge in [0.05, 0.1) is 16.9 Å². The van der Waals surface area contributed by atoms with Crippen molar-refractivity contribution in [3.8, 4) is 11.3 Å². The predicted octanol–water partition coefficient (Wildman–Crippen LogP) is 2.45. The van der Waals surface area contributed by atoms with E-state index in [1.807, 2.05) is 0 Å². The smallest absolute Gasteiger partial charge is 0.324 e. The summed E-state index contributed by atoms with van der Waals surface area (Å²) >= 11 is 0. The molecule has 0 aromatic carbocycles. The second-order valence-corrected chi connectivity index (χ2v) is 3.49. The fraction of sp³-hybridized carbons (Fsp3) is 0.0909. The van der Waals surface area contributed by atoms with E-state index in [4.69, 9.17) is 5.84 Å². The fourth-order valence-corrected chi connectivity index (χ4v) is 1.51. The first-order valence-electron chi connectivity index (χ1n) is 4.96. The van der Waals surface area contributed by atoms with E-state index in [-0.39, 0.29) is 11.3 Å². The van der Waals surface area contributed by atoms with Crippen molar-refractivity contribution in [2.75, 3.05) is 5.43 Å². The molecule has 2 heterocycles. The number of alkyl halides is 3. The molecule has 3 N–H and O–H groups in total. The first-order chi connectivity index (χ1) is 8.52. The lowest BCUT2D eigenvalue weighted by atomic mass is 10.1. The number of nitrogens with two attached hydrogens (primary N) is 1. The van der Waals surface area contributed by atoms with Gasteiger partial charge in [-0.1, -0.05) is 0 Å². The molecule has 0 bridgehead atoms. The highest BCUT2D eigenvalue weighted by Crippen LogP contribution is 2.36. The second kappa shape index (κ2) is 4.61. The lowest BCUT2D eigenvalue weighted by Crippen LogP contribution is -2.09. The number of nitrogens with one attached hydrogen (secondary N) is 1. The molecule has 94 valence electrons. The van der Waals surface area contributed by atoms with Crippen molar-refractivity contribution in [2.24, 2.45) is 5.84 Å². The molecule has 0 atom stereocenters. The van der Waals surface area contributed by atoms with Crippen LogP contribution in [0.25, 0.3) is 11.3 Å². The summed E-state index contributed by atoms with van der Waals surface area (Å²) in [4.78, 5) is 7.60. The number of rotatable bonds is 2. The molecule has 0 aliphatic heterocycles. The SMILES string of the molecule is NNc1ccnc(-c2cnccc2C(F)(F)F)c1. The highest BCUT2D eigenvalue weighted by molar-refractivity contribution is 5.66. The van der Waals surface area contributed by atoms with Gasteiger partial charge in [0.25, 0.3) is 0 Å². The minimum absolute atomic E-state index is 0.0814. The van der Waals surface area contributed by atoms with Crippen molar-refractivity contribution in [3.05, 3.63) is 42.4 Å². The van der Waals surface area contributed by atoms with Crippen LogP contribution in [0.5, 0.6) is 0 Å². The van der Waals surface area contributed by atoms with Crippen LogP contribution in [0.1, 0.15) is 5.56 Å². The van der Waals surface area contributed by atoms with E-state index >= 15 is 0 Å². The molecule has 0 aliphatic rings. The van der Waals surface area contributed by atoms with Gasteiger partial charge in [0.15, 0.2) is 0 Å². The topological polar surface area (TPSA) is 63.8 Å². The third kappa shape index (κ3) is 2.40. The van der Waals surface area contributed by atoms with Crippen molar-refractivity contribution < 1.29 is 13.2 Å². The zero-order valence-electron chi connectivity index (χ0n) is 9.07. The van der Waals surface area contributed by atoms with Crippen LogP contribution >= 0.6 is 0 Å². The Morgan fingerprint density at radius 3 is 2.61 bits per heavy atom. The molecule has 2 aromatic rings. The van der Waals surface area contributed by atoms with E-state index in [1.54, 1.807) is 6.07 Å². The van der Waals surface area contributed by atoms with E-state index in [0.717, 1.165) is 18.5 Å². The number of hydrazine groups is 1. The van der Waals surface area contributed by atoms with Gasteiger partial charge < -0.3 is 5.43 Å². The van der Waals surface area contributed by atoms with Gasteiger partial charge >= 0.3 is 6.18 Å². The fourth-order valence-electron chi connectivity index (χ4n) is 1.51.